The molecule has 202 valence electrons. The van der Waals surface area contributed by atoms with Crippen LogP contribution in [0.15, 0.2) is 89.8 Å². The van der Waals surface area contributed by atoms with Gasteiger partial charge in [0.15, 0.2) is 9.84 Å². The summed E-state index contributed by atoms with van der Waals surface area (Å²) in [6, 6.07) is 22.7. The highest BCUT2D eigenvalue weighted by Gasteiger charge is 2.15. The summed E-state index contributed by atoms with van der Waals surface area (Å²) in [7, 11) is -2.05. The summed E-state index contributed by atoms with van der Waals surface area (Å²) in [6.45, 7) is 0.280. The van der Waals surface area contributed by atoms with Crippen molar-refractivity contribution in [3.8, 4) is 17.2 Å². The van der Waals surface area contributed by atoms with Crippen molar-refractivity contribution in [2.24, 2.45) is 0 Å². The number of nitrogens with one attached hydrogen (secondary N) is 2. The second-order valence-corrected chi connectivity index (χ2v) is 11.1. The Morgan fingerprint density at radius 3 is 2.21 bits per heavy atom. The molecule has 0 aliphatic rings. The lowest BCUT2D eigenvalue weighted by molar-refractivity contribution is 0.0697. The molecule has 0 aromatic heterocycles. The molecule has 3 N–H and O–H groups in total. The molecule has 4 aromatic rings. The van der Waals surface area contributed by atoms with Gasteiger partial charge >= 0.3 is 5.97 Å². The fourth-order valence-electron chi connectivity index (χ4n) is 3.62. The third kappa shape index (κ3) is 7.14. The number of halogens is 2. The lowest BCUT2D eigenvalue weighted by Crippen LogP contribution is -2.14. The summed E-state index contributed by atoms with van der Waals surface area (Å²) >= 11 is 12.3. The van der Waals surface area contributed by atoms with Crippen LogP contribution < -0.4 is 20.1 Å². The second-order valence-electron chi connectivity index (χ2n) is 8.32. The average Bonchev–Trinajstić information content (AvgIpc) is 2.94. The zero-order valence-corrected chi connectivity index (χ0v) is 23.0. The Morgan fingerprint density at radius 2 is 1.54 bits per heavy atom. The number of hydrogen-bond acceptors (Lipinski definition) is 7. The van der Waals surface area contributed by atoms with E-state index in [0.29, 0.717) is 38.7 Å². The molecule has 0 bridgehead atoms. The van der Waals surface area contributed by atoms with E-state index in [1.54, 1.807) is 66.7 Å². The quantitative estimate of drug-likeness (QED) is 0.173. The lowest BCUT2D eigenvalue weighted by Gasteiger charge is -2.14. The van der Waals surface area contributed by atoms with Crippen molar-refractivity contribution < 1.29 is 27.8 Å². The molecule has 0 unspecified atom stereocenters. The number of anilines is 2. The third-order valence-corrected chi connectivity index (χ3v) is 8.07. The Morgan fingerprint density at radius 1 is 0.872 bits per heavy atom. The number of benzene rings is 4. The number of carboxylic acid groups (broad SMARTS) is 1. The maximum atomic E-state index is 12.6. The van der Waals surface area contributed by atoms with E-state index in [4.69, 9.17) is 32.7 Å². The molecule has 0 amide bonds. The van der Waals surface area contributed by atoms with Crippen LogP contribution in [-0.2, 0) is 16.4 Å². The minimum absolute atomic E-state index is 0.0210. The molecule has 4 aromatic carbocycles. The van der Waals surface area contributed by atoms with Crippen molar-refractivity contribution in [1.29, 1.82) is 0 Å². The molecule has 11 heteroatoms. The van der Waals surface area contributed by atoms with Gasteiger partial charge in [0.1, 0.15) is 23.1 Å². The van der Waals surface area contributed by atoms with E-state index < -0.39 is 15.8 Å². The zero-order valence-electron chi connectivity index (χ0n) is 20.6. The zero-order chi connectivity index (χ0) is 28.0. The van der Waals surface area contributed by atoms with E-state index >= 15 is 0 Å². The van der Waals surface area contributed by atoms with Crippen molar-refractivity contribution in [1.82, 2.24) is 0 Å². The fraction of sp³-hybridized carbons (Fsp3) is 0.107. The van der Waals surface area contributed by atoms with E-state index in [-0.39, 0.29) is 22.9 Å². The van der Waals surface area contributed by atoms with Gasteiger partial charge in [-0.2, -0.15) is 0 Å². The van der Waals surface area contributed by atoms with Crippen LogP contribution in [-0.4, -0.2) is 32.5 Å². The summed E-state index contributed by atoms with van der Waals surface area (Å²) in [5, 5.41) is 16.5. The molecule has 0 saturated carbocycles. The van der Waals surface area contributed by atoms with Gasteiger partial charge in [0.05, 0.1) is 27.6 Å². The molecular formula is C28H24Cl2N2O6S. The largest absolute Gasteiger partial charge is 0.497 e. The van der Waals surface area contributed by atoms with Crippen LogP contribution in [0.2, 0.25) is 10.0 Å². The predicted molar refractivity (Wildman–Crippen MR) is 152 cm³/mol. The smallest absolute Gasteiger partial charge is 0.337 e. The number of ether oxygens (including phenoxy) is 2. The normalized spacial score (nSPS) is 11.1. The standard InChI is InChI=1S/C28H24Cl2N2O6S/c1-37-20-9-12-23(13-10-20)39(35,36)17-32-19-5-7-21(8-6-19)38-22-11-14-26(24(15-22)28(33)34)31-16-18-3-2-4-25(29)27(18)30/h2-15,31-32H,16-17H2,1H3,(H,33,34). The van der Waals surface area contributed by atoms with Gasteiger partial charge in [-0.1, -0.05) is 35.3 Å². The predicted octanol–water partition coefficient (Wildman–Crippen LogP) is 6.95. The van der Waals surface area contributed by atoms with E-state index in [1.165, 1.54) is 25.3 Å². The highest BCUT2D eigenvalue weighted by molar-refractivity contribution is 7.91. The monoisotopic (exact) mass is 586 g/mol. The number of aromatic carboxylic acids is 1. The first-order valence-corrected chi connectivity index (χ1v) is 14.0. The molecule has 39 heavy (non-hydrogen) atoms. The molecule has 0 fully saturated rings. The number of sulfone groups is 1. The van der Waals surface area contributed by atoms with E-state index in [9.17, 15) is 18.3 Å². The van der Waals surface area contributed by atoms with Crippen LogP contribution >= 0.6 is 23.2 Å². The van der Waals surface area contributed by atoms with Crippen molar-refractivity contribution in [2.45, 2.75) is 11.4 Å². The van der Waals surface area contributed by atoms with Crippen molar-refractivity contribution >= 4 is 50.4 Å². The van der Waals surface area contributed by atoms with Crippen LogP contribution in [0.4, 0.5) is 11.4 Å². The minimum atomic E-state index is -3.56. The first kappa shape index (κ1) is 28.1. The summed E-state index contributed by atoms with van der Waals surface area (Å²) in [6.07, 6.45) is 0. The number of hydrogen-bond donors (Lipinski definition) is 3. The molecule has 0 saturated heterocycles. The maximum Gasteiger partial charge on any atom is 0.337 e. The second kappa shape index (κ2) is 12.3. The Labute approximate surface area is 236 Å². The highest BCUT2D eigenvalue weighted by atomic mass is 35.5. The molecule has 0 atom stereocenters. The van der Waals surface area contributed by atoms with E-state index in [0.717, 1.165) is 5.56 Å². The SMILES string of the molecule is COc1ccc(S(=O)(=O)CNc2ccc(Oc3ccc(NCc4cccc(Cl)c4Cl)c(C(=O)O)c3)cc2)cc1. The van der Waals surface area contributed by atoms with Crippen LogP contribution in [0.25, 0.3) is 0 Å². The summed E-state index contributed by atoms with van der Waals surface area (Å²) in [5.41, 5.74) is 1.72. The Hall–Kier alpha value is -3.92. The number of rotatable bonds is 11. The molecule has 8 nitrogen and oxygen atoms in total. The highest BCUT2D eigenvalue weighted by Crippen LogP contribution is 2.30. The average molecular weight is 587 g/mol. The molecule has 0 radical (unpaired) electrons. The summed E-state index contributed by atoms with van der Waals surface area (Å²) < 4.78 is 36.1. The van der Waals surface area contributed by atoms with Gasteiger partial charge in [-0.3, -0.25) is 0 Å². The fourth-order valence-corrected chi connectivity index (χ4v) is 5.08. The van der Waals surface area contributed by atoms with Crippen LogP contribution in [0.5, 0.6) is 17.2 Å². The molecule has 0 heterocycles. The molecule has 4 rings (SSSR count). The number of methoxy groups -OCH3 is 1. The Balaban J connectivity index is 1.39. The van der Waals surface area contributed by atoms with Gasteiger partial charge in [0.25, 0.3) is 0 Å². The van der Waals surface area contributed by atoms with Crippen LogP contribution in [0, 0.1) is 0 Å². The van der Waals surface area contributed by atoms with E-state index in [1.807, 2.05) is 0 Å². The maximum absolute atomic E-state index is 12.6. The van der Waals surface area contributed by atoms with Crippen molar-refractivity contribution in [3.05, 3.63) is 106 Å². The van der Waals surface area contributed by atoms with Gasteiger partial charge in [-0.25, -0.2) is 13.2 Å². The van der Waals surface area contributed by atoms with Gasteiger partial charge in [-0.05, 0) is 78.4 Å². The van der Waals surface area contributed by atoms with Gasteiger partial charge in [-0.15, -0.1) is 0 Å². The lowest BCUT2D eigenvalue weighted by atomic mass is 10.1. The Kier molecular flexibility index (Phi) is 8.86. The Bertz CT molecular complexity index is 1580. The molecule has 0 aliphatic heterocycles. The van der Waals surface area contributed by atoms with Crippen LogP contribution in [0.3, 0.4) is 0 Å². The third-order valence-electron chi connectivity index (χ3n) is 5.70. The first-order valence-electron chi connectivity index (χ1n) is 11.6. The summed E-state index contributed by atoms with van der Waals surface area (Å²) in [5.74, 6) is -0.0851. The van der Waals surface area contributed by atoms with Crippen LogP contribution in [0.1, 0.15) is 15.9 Å². The summed E-state index contributed by atoms with van der Waals surface area (Å²) in [4.78, 5) is 12.1. The van der Waals surface area contributed by atoms with Gasteiger partial charge in [0, 0.05) is 17.9 Å². The first-order chi connectivity index (χ1) is 18.7. The minimum Gasteiger partial charge on any atom is -0.497 e. The number of carboxylic acids is 1. The number of carbonyl (C=O) groups is 1. The molecule has 0 spiro atoms. The van der Waals surface area contributed by atoms with Gasteiger partial charge < -0.3 is 25.2 Å². The topological polar surface area (TPSA) is 114 Å². The molecule has 0 aliphatic carbocycles. The molecular weight excluding hydrogens is 563 g/mol. The van der Waals surface area contributed by atoms with Crippen molar-refractivity contribution in [3.63, 3.8) is 0 Å². The van der Waals surface area contributed by atoms with E-state index in [2.05, 4.69) is 10.6 Å². The van der Waals surface area contributed by atoms with Crippen molar-refractivity contribution in [2.75, 3.05) is 23.6 Å². The van der Waals surface area contributed by atoms with Gasteiger partial charge in [0.2, 0.25) is 0 Å².